The van der Waals surface area contributed by atoms with Crippen molar-refractivity contribution in [2.75, 3.05) is 33.9 Å². The van der Waals surface area contributed by atoms with Gasteiger partial charge in [0.2, 0.25) is 0 Å². The molecule has 2 aromatic carbocycles. The Balaban J connectivity index is 0.00000306. The molecule has 2 heterocycles. The number of ether oxygens (including phenoxy) is 2. The molecule has 1 aliphatic rings. The van der Waals surface area contributed by atoms with Gasteiger partial charge < -0.3 is 19.5 Å². The van der Waals surface area contributed by atoms with Crippen LogP contribution in [0.1, 0.15) is 24.5 Å². The predicted molar refractivity (Wildman–Crippen MR) is 127 cm³/mol. The van der Waals surface area contributed by atoms with Crippen molar-refractivity contribution in [2.45, 2.75) is 25.5 Å². The Morgan fingerprint density at radius 2 is 1.73 bits per heavy atom. The molecule has 0 radical (unpaired) electrons. The molecule has 0 spiro atoms. The number of hydrogen-bond acceptors (Lipinski definition) is 6. The highest BCUT2D eigenvalue weighted by Gasteiger charge is 2.26. The highest BCUT2D eigenvalue weighted by molar-refractivity contribution is 5.85. The molecule has 9 heteroatoms. The number of fused-ring (bicyclic) bond motifs is 1. The first-order valence-corrected chi connectivity index (χ1v) is 10.8. The SMILES string of the molecule is COc1cc2cnn(CCN3CCC(C(O)c4ccc(F)cc4)CC3)c(=O)c2cc1OC.Cl. The number of benzene rings is 2. The fourth-order valence-electron chi connectivity index (χ4n) is 4.33. The third-order valence-electron chi connectivity index (χ3n) is 6.28. The molecular formula is C24H29ClFN3O4. The van der Waals surface area contributed by atoms with Gasteiger partial charge in [-0.25, -0.2) is 9.07 Å². The van der Waals surface area contributed by atoms with E-state index in [9.17, 15) is 14.3 Å². The van der Waals surface area contributed by atoms with Crippen LogP contribution < -0.4 is 15.0 Å². The maximum absolute atomic E-state index is 13.1. The van der Waals surface area contributed by atoms with Crippen molar-refractivity contribution in [3.63, 3.8) is 0 Å². The van der Waals surface area contributed by atoms with Crippen LogP contribution in [0.2, 0.25) is 0 Å². The van der Waals surface area contributed by atoms with Crippen LogP contribution in [0.15, 0.2) is 47.4 Å². The van der Waals surface area contributed by atoms with Crippen LogP contribution in [-0.4, -0.2) is 53.6 Å². The van der Waals surface area contributed by atoms with Crippen LogP contribution in [0.25, 0.3) is 10.8 Å². The molecular weight excluding hydrogens is 449 g/mol. The maximum Gasteiger partial charge on any atom is 0.274 e. The van der Waals surface area contributed by atoms with Gasteiger partial charge in [0.1, 0.15) is 5.82 Å². The number of halogens is 2. The van der Waals surface area contributed by atoms with E-state index < -0.39 is 6.10 Å². The summed E-state index contributed by atoms with van der Waals surface area (Å²) in [6, 6.07) is 9.51. The van der Waals surface area contributed by atoms with Crippen molar-refractivity contribution in [1.29, 1.82) is 0 Å². The molecule has 3 aromatic rings. The first-order chi connectivity index (χ1) is 15.5. The standard InChI is InChI=1S/C24H28FN3O4.ClH/c1-31-21-13-18-15-26-28(24(30)20(18)14-22(21)32-2)12-11-27-9-7-17(8-10-27)23(29)16-3-5-19(25)6-4-16;/h3-6,13-15,17,23,29H,7-12H2,1-2H3;1H. The van der Waals surface area contributed by atoms with Gasteiger partial charge in [-0.05, 0) is 61.7 Å². The first-order valence-electron chi connectivity index (χ1n) is 10.8. The van der Waals surface area contributed by atoms with Gasteiger partial charge in [-0.2, -0.15) is 5.10 Å². The quantitative estimate of drug-likeness (QED) is 0.562. The van der Waals surface area contributed by atoms with Crippen LogP contribution in [0, 0.1) is 11.7 Å². The molecule has 0 aliphatic carbocycles. The van der Waals surface area contributed by atoms with Gasteiger partial charge in [-0.1, -0.05) is 12.1 Å². The topological polar surface area (TPSA) is 76.8 Å². The Morgan fingerprint density at radius 1 is 1.09 bits per heavy atom. The first kappa shape index (κ1) is 25.0. The third kappa shape index (κ3) is 5.46. The zero-order valence-corrected chi connectivity index (χ0v) is 19.6. The van der Waals surface area contributed by atoms with Crippen molar-refractivity contribution in [2.24, 2.45) is 5.92 Å². The summed E-state index contributed by atoms with van der Waals surface area (Å²) in [5, 5.41) is 16.2. The summed E-state index contributed by atoms with van der Waals surface area (Å²) >= 11 is 0. The average Bonchev–Trinajstić information content (AvgIpc) is 2.83. The Labute approximate surface area is 198 Å². The zero-order valence-electron chi connectivity index (χ0n) is 18.7. The lowest BCUT2D eigenvalue weighted by atomic mass is 9.87. The number of aliphatic hydroxyl groups excluding tert-OH is 1. The molecule has 0 amide bonds. The Morgan fingerprint density at radius 3 is 2.36 bits per heavy atom. The number of aliphatic hydroxyl groups is 1. The lowest BCUT2D eigenvalue weighted by Gasteiger charge is -2.34. The minimum absolute atomic E-state index is 0. The number of methoxy groups -OCH3 is 2. The molecule has 1 fully saturated rings. The van der Waals surface area contributed by atoms with Crippen LogP contribution in [0.4, 0.5) is 4.39 Å². The van der Waals surface area contributed by atoms with Crippen LogP contribution in [-0.2, 0) is 6.54 Å². The summed E-state index contributed by atoms with van der Waals surface area (Å²) < 4.78 is 25.2. The van der Waals surface area contributed by atoms with Gasteiger partial charge in [0, 0.05) is 11.9 Å². The number of piperidine rings is 1. The molecule has 0 bridgehead atoms. The smallest absolute Gasteiger partial charge is 0.274 e. The lowest BCUT2D eigenvalue weighted by molar-refractivity contribution is 0.0575. The normalized spacial score (nSPS) is 15.8. The van der Waals surface area contributed by atoms with Crippen LogP contribution in [0.3, 0.4) is 0 Å². The van der Waals surface area contributed by atoms with E-state index in [-0.39, 0.29) is 29.7 Å². The molecule has 1 saturated heterocycles. The Hall–Kier alpha value is -2.68. The molecule has 7 nitrogen and oxygen atoms in total. The molecule has 1 aliphatic heterocycles. The largest absolute Gasteiger partial charge is 0.493 e. The molecule has 1 N–H and O–H groups in total. The van der Waals surface area contributed by atoms with E-state index in [0.29, 0.717) is 35.4 Å². The summed E-state index contributed by atoms with van der Waals surface area (Å²) in [6.45, 7) is 2.84. The molecule has 1 aromatic heterocycles. The number of nitrogens with zero attached hydrogens (tertiary/aromatic N) is 3. The second-order valence-corrected chi connectivity index (χ2v) is 8.14. The van der Waals surface area contributed by atoms with Gasteiger partial charge in [0.25, 0.3) is 5.56 Å². The molecule has 1 atom stereocenters. The van der Waals surface area contributed by atoms with Gasteiger partial charge >= 0.3 is 0 Å². The van der Waals surface area contributed by atoms with Gasteiger partial charge in [0.15, 0.2) is 11.5 Å². The number of rotatable bonds is 7. The highest BCUT2D eigenvalue weighted by atomic mass is 35.5. The second kappa shape index (κ2) is 11.0. The summed E-state index contributed by atoms with van der Waals surface area (Å²) in [6.07, 6.45) is 2.77. The second-order valence-electron chi connectivity index (χ2n) is 8.14. The van der Waals surface area contributed by atoms with E-state index in [1.165, 1.54) is 16.8 Å². The molecule has 4 rings (SSSR count). The molecule has 33 heavy (non-hydrogen) atoms. The van der Waals surface area contributed by atoms with Crippen LogP contribution >= 0.6 is 12.4 Å². The number of hydrogen-bond donors (Lipinski definition) is 1. The van der Waals surface area contributed by atoms with Crippen LogP contribution in [0.5, 0.6) is 11.5 Å². The zero-order chi connectivity index (χ0) is 22.7. The van der Waals surface area contributed by atoms with Crippen molar-refractivity contribution < 1.29 is 19.0 Å². The summed E-state index contributed by atoms with van der Waals surface area (Å²) in [5.41, 5.74) is 0.592. The van der Waals surface area contributed by atoms with E-state index in [1.807, 2.05) is 0 Å². The maximum atomic E-state index is 13.1. The van der Waals surface area contributed by atoms with Crippen molar-refractivity contribution in [3.8, 4) is 11.5 Å². The fourth-order valence-corrected chi connectivity index (χ4v) is 4.33. The summed E-state index contributed by atoms with van der Waals surface area (Å²) in [5.74, 6) is 0.910. The summed E-state index contributed by atoms with van der Waals surface area (Å²) in [7, 11) is 3.10. The van der Waals surface area contributed by atoms with E-state index >= 15 is 0 Å². The Bertz CT molecular complexity index is 1130. The number of aromatic nitrogens is 2. The number of likely N-dealkylation sites (tertiary alicyclic amines) is 1. The minimum atomic E-state index is -0.588. The van der Waals surface area contributed by atoms with E-state index in [2.05, 4.69) is 10.00 Å². The summed E-state index contributed by atoms with van der Waals surface area (Å²) in [4.78, 5) is 15.2. The molecule has 0 saturated carbocycles. The van der Waals surface area contributed by atoms with E-state index in [0.717, 1.165) is 31.5 Å². The van der Waals surface area contributed by atoms with Gasteiger partial charge in [-0.3, -0.25) is 4.79 Å². The van der Waals surface area contributed by atoms with E-state index in [1.54, 1.807) is 44.7 Å². The molecule has 178 valence electrons. The monoisotopic (exact) mass is 477 g/mol. The Kier molecular flexibility index (Phi) is 8.29. The molecule has 1 unspecified atom stereocenters. The minimum Gasteiger partial charge on any atom is -0.493 e. The average molecular weight is 478 g/mol. The lowest BCUT2D eigenvalue weighted by Crippen LogP contribution is -2.39. The highest BCUT2D eigenvalue weighted by Crippen LogP contribution is 2.31. The predicted octanol–water partition coefficient (Wildman–Crippen LogP) is 3.42. The van der Waals surface area contributed by atoms with Gasteiger partial charge in [-0.15, -0.1) is 12.4 Å². The van der Waals surface area contributed by atoms with Gasteiger partial charge in [0.05, 0.1) is 38.5 Å². The third-order valence-corrected chi connectivity index (χ3v) is 6.28. The van der Waals surface area contributed by atoms with Crippen molar-refractivity contribution in [1.82, 2.24) is 14.7 Å². The fraction of sp³-hybridized carbons (Fsp3) is 0.417. The van der Waals surface area contributed by atoms with Crippen molar-refractivity contribution in [3.05, 3.63) is 64.3 Å². The van der Waals surface area contributed by atoms with E-state index in [4.69, 9.17) is 9.47 Å². The van der Waals surface area contributed by atoms with Crippen molar-refractivity contribution >= 4 is 23.2 Å².